The second-order valence-corrected chi connectivity index (χ2v) is 8.76. The van der Waals surface area contributed by atoms with Crippen LogP contribution in [0.5, 0.6) is 0 Å². The summed E-state index contributed by atoms with van der Waals surface area (Å²) in [5.74, 6) is -0.297. The first-order chi connectivity index (χ1) is 12.7. The highest BCUT2D eigenvalue weighted by atomic mass is 32.2. The first-order valence-electron chi connectivity index (χ1n) is 9.08. The van der Waals surface area contributed by atoms with Crippen LogP contribution in [-0.2, 0) is 21.2 Å². The molecule has 1 amide bonds. The summed E-state index contributed by atoms with van der Waals surface area (Å²) in [6.45, 7) is 5.87. The van der Waals surface area contributed by atoms with Crippen LogP contribution in [0, 0.1) is 13.8 Å². The van der Waals surface area contributed by atoms with Crippen LogP contribution >= 0.6 is 0 Å². The van der Waals surface area contributed by atoms with E-state index in [-0.39, 0.29) is 5.91 Å². The minimum absolute atomic E-state index is 0.297. The highest BCUT2D eigenvalue weighted by Gasteiger charge is 2.29. The van der Waals surface area contributed by atoms with Crippen LogP contribution in [-0.4, -0.2) is 33.2 Å². The zero-order valence-electron chi connectivity index (χ0n) is 16.4. The Morgan fingerprint density at radius 1 is 1.11 bits per heavy atom. The Bertz CT molecular complexity index is 880. The van der Waals surface area contributed by atoms with Gasteiger partial charge in [-0.15, -0.1) is 0 Å². The van der Waals surface area contributed by atoms with E-state index in [1.54, 1.807) is 13.0 Å². The van der Waals surface area contributed by atoms with Crippen molar-refractivity contribution in [3.63, 3.8) is 0 Å². The Kier molecular flexibility index (Phi) is 7.02. The van der Waals surface area contributed by atoms with Crippen molar-refractivity contribution < 1.29 is 13.2 Å². The number of nitrogens with one attached hydrogen (secondary N) is 1. The Hall–Kier alpha value is -2.34. The molecule has 0 unspecified atom stereocenters. The Morgan fingerprint density at radius 3 is 2.41 bits per heavy atom. The molecule has 146 valence electrons. The number of hydrogen-bond donors (Lipinski definition) is 1. The average Bonchev–Trinajstić information content (AvgIpc) is 2.61. The standard InChI is InChI=1S/C21H28N2O3S/c1-16-12-13-17(2)20(15-16)23(27(4,25)26)18(3)21(24)22-14-8-11-19-9-6-5-7-10-19/h5-7,9-10,12-13,15,18H,8,11,14H2,1-4H3,(H,22,24)/t18-/m1/s1. The quantitative estimate of drug-likeness (QED) is 0.706. The molecule has 6 heteroatoms. The van der Waals surface area contributed by atoms with E-state index in [9.17, 15) is 13.2 Å². The van der Waals surface area contributed by atoms with Crippen molar-refractivity contribution in [2.24, 2.45) is 0 Å². The molecule has 2 aromatic carbocycles. The fraction of sp³-hybridized carbons (Fsp3) is 0.381. The first kappa shape index (κ1) is 21.0. The molecule has 5 nitrogen and oxygen atoms in total. The van der Waals surface area contributed by atoms with Crippen molar-refractivity contribution in [1.29, 1.82) is 0 Å². The number of carbonyl (C=O) groups is 1. The molecule has 0 bridgehead atoms. The van der Waals surface area contributed by atoms with Gasteiger partial charge in [-0.2, -0.15) is 0 Å². The van der Waals surface area contributed by atoms with Crippen LogP contribution in [0.3, 0.4) is 0 Å². The zero-order valence-corrected chi connectivity index (χ0v) is 17.2. The van der Waals surface area contributed by atoms with Crippen LogP contribution in [0.2, 0.25) is 0 Å². The summed E-state index contributed by atoms with van der Waals surface area (Å²) < 4.78 is 26.0. The van der Waals surface area contributed by atoms with E-state index in [4.69, 9.17) is 0 Å². The number of anilines is 1. The monoisotopic (exact) mass is 388 g/mol. The highest BCUT2D eigenvalue weighted by Crippen LogP contribution is 2.26. The molecule has 0 aliphatic carbocycles. The Balaban J connectivity index is 2.05. The molecule has 0 saturated carbocycles. The number of benzene rings is 2. The maximum Gasteiger partial charge on any atom is 0.243 e. The molecule has 0 aromatic heterocycles. The fourth-order valence-electron chi connectivity index (χ4n) is 3.03. The lowest BCUT2D eigenvalue weighted by Crippen LogP contribution is -2.48. The molecule has 0 saturated heterocycles. The number of aryl methyl sites for hydroxylation is 3. The van der Waals surface area contributed by atoms with Crippen LogP contribution in [0.25, 0.3) is 0 Å². The molecule has 0 radical (unpaired) electrons. The van der Waals surface area contributed by atoms with Crippen LogP contribution < -0.4 is 9.62 Å². The summed E-state index contributed by atoms with van der Waals surface area (Å²) in [5.41, 5.74) is 3.52. The first-order valence-corrected chi connectivity index (χ1v) is 10.9. The zero-order chi connectivity index (χ0) is 20.0. The average molecular weight is 389 g/mol. The third kappa shape index (κ3) is 5.82. The highest BCUT2D eigenvalue weighted by molar-refractivity contribution is 7.92. The number of sulfonamides is 1. The molecule has 0 heterocycles. The second kappa shape index (κ2) is 9.04. The second-order valence-electron chi connectivity index (χ2n) is 6.90. The largest absolute Gasteiger partial charge is 0.354 e. The number of amides is 1. The van der Waals surface area contributed by atoms with Gasteiger partial charge in [0, 0.05) is 6.54 Å². The fourth-order valence-corrected chi connectivity index (χ4v) is 4.26. The van der Waals surface area contributed by atoms with E-state index in [1.165, 1.54) is 9.87 Å². The Labute approximate surface area is 162 Å². The number of rotatable bonds is 8. The number of nitrogens with zero attached hydrogens (tertiary/aromatic N) is 1. The molecule has 0 fully saturated rings. The maximum absolute atomic E-state index is 12.6. The van der Waals surface area contributed by atoms with Crippen LogP contribution in [0.4, 0.5) is 5.69 Å². The minimum atomic E-state index is -3.60. The van der Waals surface area contributed by atoms with Crippen molar-refractivity contribution in [2.75, 3.05) is 17.1 Å². The van der Waals surface area contributed by atoms with E-state index in [2.05, 4.69) is 17.4 Å². The molecule has 0 aliphatic heterocycles. The van der Waals surface area contributed by atoms with E-state index >= 15 is 0 Å². The van der Waals surface area contributed by atoms with Crippen LogP contribution in [0.15, 0.2) is 48.5 Å². The molecule has 2 rings (SSSR count). The predicted octanol–water partition coefficient (Wildman–Crippen LogP) is 3.21. The van der Waals surface area contributed by atoms with Gasteiger partial charge in [0.2, 0.25) is 15.9 Å². The van der Waals surface area contributed by atoms with Crippen molar-refractivity contribution in [3.05, 3.63) is 65.2 Å². The van der Waals surface area contributed by atoms with Gasteiger partial charge in [-0.3, -0.25) is 9.10 Å². The van der Waals surface area contributed by atoms with Crippen LogP contribution in [0.1, 0.15) is 30.0 Å². The molecular formula is C21H28N2O3S. The van der Waals surface area contributed by atoms with Crippen molar-refractivity contribution in [2.45, 2.75) is 39.7 Å². The molecule has 0 aliphatic rings. The lowest BCUT2D eigenvalue weighted by Gasteiger charge is -2.29. The van der Waals surface area contributed by atoms with Crippen molar-refractivity contribution in [1.82, 2.24) is 5.32 Å². The van der Waals surface area contributed by atoms with Gasteiger partial charge in [-0.25, -0.2) is 8.42 Å². The van der Waals surface area contributed by atoms with Crippen molar-refractivity contribution in [3.8, 4) is 0 Å². The van der Waals surface area contributed by atoms with E-state index in [0.717, 1.165) is 30.2 Å². The van der Waals surface area contributed by atoms with Gasteiger partial charge in [0.15, 0.2) is 0 Å². The predicted molar refractivity (Wildman–Crippen MR) is 110 cm³/mol. The third-order valence-electron chi connectivity index (χ3n) is 4.47. The van der Waals surface area contributed by atoms with E-state index < -0.39 is 16.1 Å². The molecular weight excluding hydrogens is 360 g/mol. The minimum Gasteiger partial charge on any atom is -0.354 e. The van der Waals surface area contributed by atoms with Gasteiger partial charge in [0.1, 0.15) is 6.04 Å². The number of hydrogen-bond acceptors (Lipinski definition) is 3. The molecule has 1 atom stereocenters. The molecule has 1 N–H and O–H groups in total. The third-order valence-corrected chi connectivity index (χ3v) is 5.70. The number of carbonyl (C=O) groups excluding carboxylic acids is 1. The SMILES string of the molecule is Cc1ccc(C)c(N([C@H](C)C(=O)NCCCc2ccccc2)S(C)(=O)=O)c1. The van der Waals surface area contributed by atoms with Gasteiger partial charge in [-0.05, 0) is 56.4 Å². The summed E-state index contributed by atoms with van der Waals surface area (Å²) >= 11 is 0. The molecule has 0 spiro atoms. The topological polar surface area (TPSA) is 66.5 Å². The summed E-state index contributed by atoms with van der Waals surface area (Å²) in [4.78, 5) is 12.6. The van der Waals surface area contributed by atoms with Gasteiger partial charge in [0.25, 0.3) is 0 Å². The summed E-state index contributed by atoms with van der Waals surface area (Å²) in [6.07, 6.45) is 2.79. The molecule has 2 aromatic rings. The van der Waals surface area contributed by atoms with Crippen molar-refractivity contribution >= 4 is 21.6 Å². The van der Waals surface area contributed by atoms with Gasteiger partial charge >= 0.3 is 0 Å². The Morgan fingerprint density at radius 2 is 1.78 bits per heavy atom. The van der Waals surface area contributed by atoms with Gasteiger partial charge < -0.3 is 5.32 Å². The smallest absolute Gasteiger partial charge is 0.243 e. The summed E-state index contributed by atoms with van der Waals surface area (Å²) in [6, 6.07) is 14.8. The summed E-state index contributed by atoms with van der Waals surface area (Å²) in [5, 5.41) is 2.86. The van der Waals surface area contributed by atoms with Gasteiger partial charge in [-0.1, -0.05) is 42.5 Å². The van der Waals surface area contributed by atoms with Gasteiger partial charge in [0.05, 0.1) is 11.9 Å². The van der Waals surface area contributed by atoms with E-state index in [1.807, 2.05) is 44.2 Å². The maximum atomic E-state index is 12.6. The summed E-state index contributed by atoms with van der Waals surface area (Å²) in [7, 11) is -3.60. The lowest BCUT2D eigenvalue weighted by atomic mass is 10.1. The molecule has 27 heavy (non-hydrogen) atoms. The normalized spacial score (nSPS) is 12.4. The van der Waals surface area contributed by atoms with E-state index in [0.29, 0.717) is 12.2 Å². The lowest BCUT2D eigenvalue weighted by molar-refractivity contribution is -0.121.